The molecule has 3 unspecified atom stereocenters. The predicted octanol–water partition coefficient (Wildman–Crippen LogP) is 2.61. The van der Waals surface area contributed by atoms with Gasteiger partial charge in [-0.3, -0.25) is 4.79 Å². The summed E-state index contributed by atoms with van der Waals surface area (Å²) in [5, 5.41) is 0. The number of hydrogen-bond acceptors (Lipinski definition) is 4. The molecule has 1 saturated heterocycles. The maximum absolute atomic E-state index is 12.3. The summed E-state index contributed by atoms with van der Waals surface area (Å²) in [6, 6.07) is 8.14. The molecular formula is C19H29ClN2O3. The zero-order chi connectivity index (χ0) is 16.9. The second-order valence-corrected chi connectivity index (χ2v) is 6.97. The smallest absolute Gasteiger partial charge is 0.222 e. The number of rotatable bonds is 7. The number of fused-ring (bicyclic) bond motifs is 1. The fourth-order valence-electron chi connectivity index (χ4n) is 3.91. The minimum atomic E-state index is 0. The third-order valence-corrected chi connectivity index (χ3v) is 5.37. The Hall–Kier alpha value is -1.30. The summed E-state index contributed by atoms with van der Waals surface area (Å²) >= 11 is 0. The number of likely N-dealkylation sites (tertiary alicyclic amines) is 1. The highest BCUT2D eigenvalue weighted by Crippen LogP contribution is 2.37. The number of carbonyl (C=O) groups excluding carboxylic acids is 1. The molecule has 0 aromatic heterocycles. The molecule has 1 aromatic carbocycles. The molecule has 1 saturated carbocycles. The van der Waals surface area contributed by atoms with E-state index in [-0.39, 0.29) is 18.3 Å². The lowest BCUT2D eigenvalue weighted by atomic mass is 9.98. The number of nitrogens with two attached hydrogens (primary N) is 1. The predicted molar refractivity (Wildman–Crippen MR) is 99.9 cm³/mol. The molecule has 140 valence electrons. The Kier molecular flexibility index (Phi) is 7.54. The van der Waals surface area contributed by atoms with E-state index < -0.39 is 0 Å². The lowest BCUT2D eigenvalue weighted by Crippen LogP contribution is -2.33. The first-order valence-corrected chi connectivity index (χ1v) is 8.91. The van der Waals surface area contributed by atoms with Gasteiger partial charge in [0.15, 0.2) is 0 Å². The van der Waals surface area contributed by atoms with Gasteiger partial charge in [-0.15, -0.1) is 12.4 Å². The summed E-state index contributed by atoms with van der Waals surface area (Å²) in [5.74, 6) is 2.26. The van der Waals surface area contributed by atoms with Gasteiger partial charge in [-0.05, 0) is 48.8 Å². The topological polar surface area (TPSA) is 64.8 Å². The first-order chi connectivity index (χ1) is 11.7. The molecule has 1 aliphatic heterocycles. The van der Waals surface area contributed by atoms with Crippen molar-refractivity contribution in [3.63, 3.8) is 0 Å². The highest BCUT2D eigenvalue weighted by molar-refractivity contribution is 5.85. The quantitative estimate of drug-likeness (QED) is 0.751. The molecule has 2 fully saturated rings. The Balaban J connectivity index is 0.00000225. The molecule has 25 heavy (non-hydrogen) atoms. The van der Waals surface area contributed by atoms with Crippen LogP contribution in [0.15, 0.2) is 24.3 Å². The minimum absolute atomic E-state index is 0. The maximum Gasteiger partial charge on any atom is 0.222 e. The first-order valence-electron chi connectivity index (χ1n) is 8.91. The maximum atomic E-state index is 12.3. The van der Waals surface area contributed by atoms with Crippen molar-refractivity contribution < 1.29 is 14.3 Å². The number of halogens is 1. The van der Waals surface area contributed by atoms with Crippen LogP contribution in [0, 0.1) is 11.8 Å². The standard InChI is InChI=1S/C19H28N2O3.ClH/c1-23-16-7-4-14(5-8-16)13-24-10-2-3-19(22)21-11-15-6-9-18(20)17(15)12-21;/h4-5,7-8,15,17-18H,2-3,6,9-13,20H2,1H3;1H. The number of hydrogen-bond donors (Lipinski definition) is 1. The summed E-state index contributed by atoms with van der Waals surface area (Å²) in [6.45, 7) is 2.94. The molecule has 6 heteroatoms. The van der Waals surface area contributed by atoms with Crippen molar-refractivity contribution in [2.45, 2.75) is 38.3 Å². The molecule has 2 N–H and O–H groups in total. The van der Waals surface area contributed by atoms with Gasteiger partial charge in [0.25, 0.3) is 0 Å². The number of nitrogens with zero attached hydrogens (tertiary/aromatic N) is 1. The third kappa shape index (κ3) is 5.09. The third-order valence-electron chi connectivity index (χ3n) is 5.37. The van der Waals surface area contributed by atoms with E-state index in [1.165, 1.54) is 6.42 Å². The number of amides is 1. The van der Waals surface area contributed by atoms with Crippen molar-refractivity contribution >= 4 is 18.3 Å². The van der Waals surface area contributed by atoms with E-state index in [0.717, 1.165) is 37.2 Å². The molecule has 5 nitrogen and oxygen atoms in total. The molecule has 3 atom stereocenters. The van der Waals surface area contributed by atoms with Crippen molar-refractivity contribution in [1.82, 2.24) is 4.90 Å². The summed E-state index contributed by atoms with van der Waals surface area (Å²) in [4.78, 5) is 14.3. The highest BCUT2D eigenvalue weighted by atomic mass is 35.5. The van der Waals surface area contributed by atoms with Gasteiger partial charge < -0.3 is 20.1 Å². The second-order valence-electron chi connectivity index (χ2n) is 6.97. The molecule has 2 aliphatic rings. The second kappa shape index (κ2) is 9.41. The zero-order valence-corrected chi connectivity index (χ0v) is 15.7. The molecule has 0 spiro atoms. The van der Waals surface area contributed by atoms with Gasteiger partial charge in [-0.1, -0.05) is 12.1 Å². The molecule has 1 amide bonds. The molecule has 1 heterocycles. The van der Waals surface area contributed by atoms with Crippen molar-refractivity contribution in [2.75, 3.05) is 26.8 Å². The number of ether oxygens (including phenoxy) is 2. The number of carbonyl (C=O) groups is 1. The Bertz CT molecular complexity index is 552. The molecule has 1 aromatic rings. The Morgan fingerprint density at radius 1 is 1.24 bits per heavy atom. The first kappa shape index (κ1) is 20.0. The van der Waals surface area contributed by atoms with E-state index in [0.29, 0.717) is 37.5 Å². The van der Waals surface area contributed by atoms with Crippen molar-refractivity contribution in [3.8, 4) is 5.75 Å². The highest BCUT2D eigenvalue weighted by Gasteiger charge is 2.42. The van der Waals surface area contributed by atoms with Crippen LogP contribution in [0.5, 0.6) is 5.75 Å². The lowest BCUT2D eigenvalue weighted by Gasteiger charge is -2.18. The van der Waals surface area contributed by atoms with Gasteiger partial charge in [0.05, 0.1) is 13.7 Å². The van der Waals surface area contributed by atoms with E-state index >= 15 is 0 Å². The van der Waals surface area contributed by atoms with Crippen LogP contribution in [0.2, 0.25) is 0 Å². The summed E-state index contributed by atoms with van der Waals surface area (Å²) in [7, 11) is 1.66. The zero-order valence-electron chi connectivity index (χ0n) is 14.9. The lowest BCUT2D eigenvalue weighted by molar-refractivity contribution is -0.130. The molecule has 3 rings (SSSR count). The van der Waals surface area contributed by atoms with E-state index in [1.54, 1.807) is 7.11 Å². The van der Waals surface area contributed by atoms with Crippen LogP contribution in [0.3, 0.4) is 0 Å². The normalized spacial score (nSPS) is 24.7. The van der Waals surface area contributed by atoms with E-state index in [2.05, 4.69) is 0 Å². The summed E-state index contributed by atoms with van der Waals surface area (Å²) in [5.41, 5.74) is 7.24. The van der Waals surface area contributed by atoms with Crippen molar-refractivity contribution in [3.05, 3.63) is 29.8 Å². The number of benzene rings is 1. The minimum Gasteiger partial charge on any atom is -0.497 e. The fraction of sp³-hybridized carbons (Fsp3) is 0.632. The molecule has 0 radical (unpaired) electrons. The molecule has 0 bridgehead atoms. The van der Waals surface area contributed by atoms with Gasteiger partial charge in [0, 0.05) is 32.2 Å². The van der Waals surface area contributed by atoms with Gasteiger partial charge in [-0.25, -0.2) is 0 Å². The largest absolute Gasteiger partial charge is 0.497 e. The van der Waals surface area contributed by atoms with Crippen LogP contribution in [0.1, 0.15) is 31.2 Å². The Morgan fingerprint density at radius 2 is 2.00 bits per heavy atom. The van der Waals surface area contributed by atoms with E-state index in [4.69, 9.17) is 15.2 Å². The summed E-state index contributed by atoms with van der Waals surface area (Å²) < 4.78 is 10.8. The average molecular weight is 369 g/mol. The van der Waals surface area contributed by atoms with Crippen molar-refractivity contribution in [1.29, 1.82) is 0 Å². The van der Waals surface area contributed by atoms with Gasteiger partial charge >= 0.3 is 0 Å². The van der Waals surface area contributed by atoms with Gasteiger partial charge in [0.1, 0.15) is 5.75 Å². The molecular weight excluding hydrogens is 340 g/mol. The van der Waals surface area contributed by atoms with Crippen LogP contribution in [-0.2, 0) is 16.1 Å². The summed E-state index contributed by atoms with van der Waals surface area (Å²) in [6.07, 6.45) is 3.64. The fourth-order valence-corrected chi connectivity index (χ4v) is 3.91. The van der Waals surface area contributed by atoms with Crippen LogP contribution >= 0.6 is 12.4 Å². The SMILES string of the molecule is COc1ccc(COCCCC(=O)N2CC3CCC(N)C3C2)cc1.Cl. The van der Waals surface area contributed by atoms with Gasteiger partial charge in [0.2, 0.25) is 5.91 Å². The van der Waals surface area contributed by atoms with E-state index in [9.17, 15) is 4.79 Å². The Labute approximate surface area is 156 Å². The Morgan fingerprint density at radius 3 is 2.68 bits per heavy atom. The number of methoxy groups -OCH3 is 1. The van der Waals surface area contributed by atoms with Crippen LogP contribution in [-0.4, -0.2) is 43.7 Å². The van der Waals surface area contributed by atoms with E-state index in [1.807, 2.05) is 29.2 Å². The van der Waals surface area contributed by atoms with Crippen molar-refractivity contribution in [2.24, 2.45) is 17.6 Å². The molecule has 1 aliphatic carbocycles. The van der Waals surface area contributed by atoms with Gasteiger partial charge in [-0.2, -0.15) is 0 Å². The van der Waals surface area contributed by atoms with Crippen LogP contribution in [0.4, 0.5) is 0 Å². The monoisotopic (exact) mass is 368 g/mol. The average Bonchev–Trinajstić information content (AvgIpc) is 3.17. The van der Waals surface area contributed by atoms with Crippen LogP contribution < -0.4 is 10.5 Å². The van der Waals surface area contributed by atoms with Crippen LogP contribution in [0.25, 0.3) is 0 Å².